The molecule has 0 aromatic carbocycles. The third-order valence-corrected chi connectivity index (χ3v) is 2.13. The van der Waals surface area contributed by atoms with Crippen LogP contribution in [-0.4, -0.2) is 35.4 Å². The van der Waals surface area contributed by atoms with E-state index in [0.717, 1.165) is 0 Å². The summed E-state index contributed by atoms with van der Waals surface area (Å²) in [5.41, 5.74) is -2.64. The van der Waals surface area contributed by atoms with Gasteiger partial charge in [-0.1, -0.05) is 0 Å². The van der Waals surface area contributed by atoms with Crippen LogP contribution >= 0.6 is 0 Å². The van der Waals surface area contributed by atoms with Crippen molar-refractivity contribution in [3.05, 3.63) is 0 Å². The largest absolute Gasteiger partial charge is 0.481 e. The van der Waals surface area contributed by atoms with Crippen molar-refractivity contribution in [1.82, 2.24) is 5.32 Å². The number of nitrogens with one attached hydrogen (secondary N) is 1. The molecular weight excluding hydrogens is 272 g/mol. The van der Waals surface area contributed by atoms with E-state index < -0.39 is 35.7 Å². The first-order valence-corrected chi connectivity index (χ1v) is 4.38. The van der Waals surface area contributed by atoms with Gasteiger partial charge in [0.2, 0.25) is 0 Å². The molecule has 0 fully saturated rings. The zero-order valence-electron chi connectivity index (χ0n) is 9.11. The Hall–Kier alpha value is -1.48. The fraction of sp³-hybridized carbons (Fsp3) is 0.750. The summed E-state index contributed by atoms with van der Waals surface area (Å²) in [5, 5.41) is 9.21. The molecule has 0 aromatic rings. The Kier molecular flexibility index (Phi) is 4.27. The average Bonchev–Trinajstić information content (AvgIpc) is 2.09. The highest BCUT2D eigenvalue weighted by Crippen LogP contribution is 2.34. The van der Waals surface area contributed by atoms with Gasteiger partial charge in [0.1, 0.15) is 6.04 Å². The van der Waals surface area contributed by atoms with Crippen molar-refractivity contribution < 1.29 is 41.0 Å². The predicted octanol–water partition coefficient (Wildman–Crippen LogP) is 1.71. The number of carboxylic acids is 1. The second-order valence-corrected chi connectivity index (χ2v) is 3.97. The van der Waals surface area contributed by atoms with E-state index in [0.29, 0.717) is 19.2 Å². The van der Waals surface area contributed by atoms with Gasteiger partial charge in [-0.2, -0.15) is 26.3 Å². The van der Waals surface area contributed by atoms with Gasteiger partial charge in [0.25, 0.3) is 0 Å². The summed E-state index contributed by atoms with van der Waals surface area (Å²) in [6.45, 7) is 1.12. The number of hydrogen-bond acceptors (Lipinski definition) is 2. The molecule has 1 amide bonds. The molecule has 106 valence electrons. The molecule has 0 heterocycles. The normalized spacial score (nSPS) is 15.1. The van der Waals surface area contributed by atoms with E-state index in [1.54, 1.807) is 0 Å². The Balaban J connectivity index is 5.31. The molecule has 0 aliphatic rings. The highest BCUT2D eigenvalue weighted by Gasteiger charge is 2.56. The lowest BCUT2D eigenvalue weighted by atomic mass is 9.84. The Bertz CT molecular complexity index is 346. The van der Waals surface area contributed by atoms with Crippen LogP contribution < -0.4 is 5.32 Å². The number of halogens is 6. The highest BCUT2D eigenvalue weighted by molar-refractivity contribution is 5.83. The maximum absolute atomic E-state index is 12.5. The summed E-state index contributed by atoms with van der Waals surface area (Å²) in [6.07, 6.45) is -10.9. The van der Waals surface area contributed by atoms with Crippen LogP contribution in [-0.2, 0) is 9.59 Å². The number of alkyl halides is 6. The van der Waals surface area contributed by atoms with Crippen LogP contribution in [0.5, 0.6) is 0 Å². The third kappa shape index (κ3) is 3.77. The SMILES string of the molecule is CC(C)(C(=O)O)[C@H](NC(=O)C(F)(F)F)C(F)(F)F. The summed E-state index contributed by atoms with van der Waals surface area (Å²) < 4.78 is 73.0. The Morgan fingerprint density at radius 3 is 1.67 bits per heavy atom. The Morgan fingerprint density at radius 2 is 1.44 bits per heavy atom. The minimum Gasteiger partial charge on any atom is -0.481 e. The van der Waals surface area contributed by atoms with Crippen molar-refractivity contribution in [2.75, 3.05) is 0 Å². The van der Waals surface area contributed by atoms with Crippen LogP contribution in [0.15, 0.2) is 0 Å². The van der Waals surface area contributed by atoms with Crippen LogP contribution in [0.3, 0.4) is 0 Å². The van der Waals surface area contributed by atoms with E-state index in [1.807, 2.05) is 0 Å². The lowest BCUT2D eigenvalue weighted by Crippen LogP contribution is -2.59. The van der Waals surface area contributed by atoms with Gasteiger partial charge in [-0.05, 0) is 13.8 Å². The van der Waals surface area contributed by atoms with Gasteiger partial charge in [0, 0.05) is 0 Å². The van der Waals surface area contributed by atoms with E-state index in [9.17, 15) is 35.9 Å². The summed E-state index contributed by atoms with van der Waals surface area (Å²) in [5.74, 6) is -4.84. The number of hydrogen-bond donors (Lipinski definition) is 2. The van der Waals surface area contributed by atoms with Crippen LogP contribution in [0.4, 0.5) is 26.3 Å². The van der Waals surface area contributed by atoms with Crippen LogP contribution in [0.2, 0.25) is 0 Å². The standard InChI is InChI=1S/C8H9F6NO3/c1-6(2,5(17)18)3(7(9,10)11)15-4(16)8(12,13)14/h3H,1-2H3,(H,15,16)(H,17,18)/t3-/m0/s1. The number of aliphatic carboxylic acids is 1. The van der Waals surface area contributed by atoms with Gasteiger partial charge in [-0.25, -0.2) is 0 Å². The quantitative estimate of drug-likeness (QED) is 0.774. The number of carbonyl (C=O) groups is 2. The van der Waals surface area contributed by atoms with Crippen molar-refractivity contribution >= 4 is 11.9 Å². The summed E-state index contributed by atoms with van der Waals surface area (Å²) in [7, 11) is 0. The number of carboxylic acid groups (broad SMARTS) is 1. The van der Waals surface area contributed by atoms with Gasteiger partial charge in [-0.3, -0.25) is 9.59 Å². The van der Waals surface area contributed by atoms with E-state index in [-0.39, 0.29) is 0 Å². The van der Waals surface area contributed by atoms with Crippen molar-refractivity contribution in [2.45, 2.75) is 32.2 Å². The molecule has 0 saturated heterocycles. The van der Waals surface area contributed by atoms with Crippen LogP contribution in [0.1, 0.15) is 13.8 Å². The van der Waals surface area contributed by atoms with Crippen molar-refractivity contribution in [2.24, 2.45) is 5.41 Å². The maximum atomic E-state index is 12.5. The monoisotopic (exact) mass is 281 g/mol. The molecule has 18 heavy (non-hydrogen) atoms. The molecule has 0 saturated carbocycles. The summed E-state index contributed by atoms with van der Waals surface area (Å²) >= 11 is 0. The van der Waals surface area contributed by atoms with Gasteiger partial charge >= 0.3 is 24.2 Å². The van der Waals surface area contributed by atoms with Crippen LogP contribution in [0.25, 0.3) is 0 Å². The van der Waals surface area contributed by atoms with Crippen molar-refractivity contribution in [1.29, 1.82) is 0 Å². The number of rotatable bonds is 3. The van der Waals surface area contributed by atoms with Crippen molar-refractivity contribution in [3.8, 4) is 0 Å². The molecule has 2 N–H and O–H groups in total. The average molecular weight is 281 g/mol. The smallest absolute Gasteiger partial charge is 0.471 e. The molecule has 10 heteroatoms. The fourth-order valence-corrected chi connectivity index (χ4v) is 1.01. The second-order valence-electron chi connectivity index (χ2n) is 3.97. The van der Waals surface area contributed by atoms with Crippen molar-refractivity contribution in [3.63, 3.8) is 0 Å². The van der Waals surface area contributed by atoms with Gasteiger partial charge in [-0.15, -0.1) is 0 Å². The third-order valence-electron chi connectivity index (χ3n) is 2.13. The highest BCUT2D eigenvalue weighted by atomic mass is 19.4. The zero-order chi connectivity index (χ0) is 14.9. The first-order valence-electron chi connectivity index (χ1n) is 4.38. The first kappa shape index (κ1) is 16.5. The predicted molar refractivity (Wildman–Crippen MR) is 45.5 cm³/mol. The lowest BCUT2D eigenvalue weighted by Gasteiger charge is -2.32. The minimum atomic E-state index is -5.53. The first-order chi connectivity index (χ1) is 7.70. The molecule has 1 atom stereocenters. The lowest BCUT2D eigenvalue weighted by molar-refractivity contribution is -0.203. The molecular formula is C8H9F6NO3. The van der Waals surface area contributed by atoms with Gasteiger partial charge < -0.3 is 10.4 Å². The molecule has 0 rings (SSSR count). The van der Waals surface area contributed by atoms with Gasteiger partial charge in [0.05, 0.1) is 5.41 Å². The second kappa shape index (κ2) is 4.65. The molecule has 0 aliphatic heterocycles. The molecule has 0 radical (unpaired) electrons. The molecule has 0 aromatic heterocycles. The topological polar surface area (TPSA) is 66.4 Å². The zero-order valence-corrected chi connectivity index (χ0v) is 9.11. The van der Waals surface area contributed by atoms with E-state index in [4.69, 9.17) is 5.11 Å². The van der Waals surface area contributed by atoms with Gasteiger partial charge in [0.15, 0.2) is 0 Å². The molecule has 4 nitrogen and oxygen atoms in total. The van der Waals surface area contributed by atoms with E-state index in [2.05, 4.69) is 0 Å². The minimum absolute atomic E-state index is 0.560. The van der Waals surface area contributed by atoms with Crippen LogP contribution in [0, 0.1) is 5.41 Å². The molecule has 0 aliphatic carbocycles. The fourth-order valence-electron chi connectivity index (χ4n) is 1.01. The molecule has 0 unspecified atom stereocenters. The number of amides is 1. The summed E-state index contributed by atoms with van der Waals surface area (Å²) in [6, 6.07) is -3.16. The molecule has 0 spiro atoms. The maximum Gasteiger partial charge on any atom is 0.471 e. The Morgan fingerprint density at radius 1 is 1.06 bits per heavy atom. The molecule has 0 bridgehead atoms. The van der Waals surface area contributed by atoms with E-state index >= 15 is 0 Å². The number of carbonyl (C=O) groups excluding carboxylic acids is 1. The van der Waals surface area contributed by atoms with E-state index in [1.165, 1.54) is 0 Å². The summed E-state index contributed by atoms with van der Waals surface area (Å²) in [4.78, 5) is 21.1. The Labute approximate surface area is 97.0 Å².